The highest BCUT2D eigenvalue weighted by molar-refractivity contribution is 6.00. The van der Waals surface area contributed by atoms with Crippen molar-refractivity contribution in [3.63, 3.8) is 0 Å². The molecule has 1 aromatic carbocycles. The summed E-state index contributed by atoms with van der Waals surface area (Å²) < 4.78 is 10.6. The molecule has 0 atom stereocenters. The Balaban J connectivity index is 2.56. The molecular formula is C14H15NO4. The predicted octanol–water partition coefficient (Wildman–Crippen LogP) is 1.81. The number of rotatable bonds is 4. The first-order chi connectivity index (χ1) is 9.06. The van der Waals surface area contributed by atoms with E-state index >= 15 is 0 Å². The maximum atomic E-state index is 11.9. The van der Waals surface area contributed by atoms with Crippen molar-refractivity contribution in [3.05, 3.63) is 29.8 Å². The Morgan fingerprint density at radius 1 is 1.58 bits per heavy atom. The number of aldehydes is 1. The predicted molar refractivity (Wildman–Crippen MR) is 71.0 cm³/mol. The van der Waals surface area contributed by atoms with Crippen LogP contribution in [0.15, 0.2) is 24.3 Å². The van der Waals surface area contributed by atoms with E-state index in [4.69, 9.17) is 9.47 Å². The van der Waals surface area contributed by atoms with Crippen LogP contribution in [0.25, 0.3) is 0 Å². The van der Waals surface area contributed by atoms with Gasteiger partial charge in [-0.05, 0) is 19.1 Å². The minimum atomic E-state index is -0.166. The van der Waals surface area contributed by atoms with Gasteiger partial charge in [0.15, 0.2) is 18.1 Å². The minimum absolute atomic E-state index is 0.0446. The van der Waals surface area contributed by atoms with Gasteiger partial charge >= 0.3 is 0 Å². The summed E-state index contributed by atoms with van der Waals surface area (Å²) in [7, 11) is 1.49. The minimum Gasteiger partial charge on any atom is -0.493 e. The number of fused-ring (bicyclic) bond motifs is 1. The lowest BCUT2D eigenvalue weighted by atomic mass is 10.1. The van der Waals surface area contributed by atoms with Crippen LogP contribution in [-0.4, -0.2) is 32.5 Å². The van der Waals surface area contributed by atoms with Crippen molar-refractivity contribution in [1.29, 1.82) is 0 Å². The van der Waals surface area contributed by atoms with Crippen LogP contribution in [0.3, 0.4) is 0 Å². The zero-order valence-corrected chi connectivity index (χ0v) is 10.9. The number of hydrogen-bond donors (Lipinski definition) is 0. The average molecular weight is 261 g/mol. The Morgan fingerprint density at radius 2 is 2.32 bits per heavy atom. The molecular weight excluding hydrogens is 246 g/mol. The highest BCUT2D eigenvalue weighted by Gasteiger charge is 2.28. The molecule has 0 bridgehead atoms. The van der Waals surface area contributed by atoms with Gasteiger partial charge in [0.1, 0.15) is 6.29 Å². The SMILES string of the molecule is C=C(C)CN1C(=O)COc2c(OC)cc(C=O)cc21. The third-order valence-corrected chi connectivity index (χ3v) is 2.77. The first kappa shape index (κ1) is 13.1. The molecule has 5 heteroatoms. The number of amides is 1. The summed E-state index contributed by atoms with van der Waals surface area (Å²) in [5, 5.41) is 0. The molecule has 0 unspecified atom stereocenters. The van der Waals surface area contributed by atoms with Crippen LogP contribution >= 0.6 is 0 Å². The van der Waals surface area contributed by atoms with Crippen LogP contribution < -0.4 is 14.4 Å². The number of carbonyl (C=O) groups is 2. The van der Waals surface area contributed by atoms with Crippen LogP contribution in [0.2, 0.25) is 0 Å². The standard InChI is InChI=1S/C14H15NO4/c1-9(2)6-15-11-4-10(7-16)5-12(18-3)14(11)19-8-13(15)17/h4-5,7H,1,6,8H2,2-3H3. The van der Waals surface area contributed by atoms with Crippen molar-refractivity contribution in [2.24, 2.45) is 0 Å². The fourth-order valence-corrected chi connectivity index (χ4v) is 1.96. The van der Waals surface area contributed by atoms with E-state index in [0.717, 1.165) is 5.57 Å². The van der Waals surface area contributed by atoms with Crippen molar-refractivity contribution in [2.75, 3.05) is 25.2 Å². The van der Waals surface area contributed by atoms with Gasteiger partial charge in [-0.15, -0.1) is 0 Å². The normalized spacial score (nSPS) is 13.6. The van der Waals surface area contributed by atoms with Gasteiger partial charge in [0.05, 0.1) is 12.8 Å². The number of ether oxygens (including phenoxy) is 2. The van der Waals surface area contributed by atoms with E-state index in [-0.39, 0.29) is 12.5 Å². The molecule has 0 N–H and O–H groups in total. The highest BCUT2D eigenvalue weighted by Crippen LogP contribution is 2.41. The molecule has 1 amide bonds. The molecule has 0 aromatic heterocycles. The Bertz CT molecular complexity index is 551. The Labute approximate surface area is 111 Å². The fraction of sp³-hybridized carbons (Fsp3) is 0.286. The molecule has 0 aliphatic carbocycles. The molecule has 0 saturated heterocycles. The van der Waals surface area contributed by atoms with Gasteiger partial charge in [0.25, 0.3) is 5.91 Å². The molecule has 0 radical (unpaired) electrons. The number of anilines is 1. The second-order valence-corrected chi connectivity index (χ2v) is 4.41. The summed E-state index contributed by atoms with van der Waals surface area (Å²) in [6.07, 6.45) is 0.709. The Hall–Kier alpha value is -2.30. The van der Waals surface area contributed by atoms with Gasteiger partial charge in [-0.3, -0.25) is 9.59 Å². The second kappa shape index (κ2) is 5.14. The Kier molecular flexibility index (Phi) is 3.55. The number of hydrogen-bond acceptors (Lipinski definition) is 4. The first-order valence-electron chi connectivity index (χ1n) is 5.81. The number of methoxy groups -OCH3 is 1. The van der Waals surface area contributed by atoms with Gasteiger partial charge in [0, 0.05) is 12.1 Å². The lowest BCUT2D eigenvalue weighted by molar-refractivity contribution is -0.121. The van der Waals surface area contributed by atoms with Crippen molar-refractivity contribution < 1.29 is 19.1 Å². The van der Waals surface area contributed by atoms with Gasteiger partial charge < -0.3 is 14.4 Å². The topological polar surface area (TPSA) is 55.8 Å². The molecule has 100 valence electrons. The second-order valence-electron chi connectivity index (χ2n) is 4.41. The van der Waals surface area contributed by atoms with Crippen LogP contribution in [0, 0.1) is 0 Å². The molecule has 1 aromatic rings. The van der Waals surface area contributed by atoms with Crippen LogP contribution in [-0.2, 0) is 4.79 Å². The number of carbonyl (C=O) groups excluding carboxylic acids is 2. The smallest absolute Gasteiger partial charge is 0.265 e. The first-order valence-corrected chi connectivity index (χ1v) is 5.81. The molecule has 19 heavy (non-hydrogen) atoms. The van der Waals surface area contributed by atoms with Gasteiger partial charge in [-0.1, -0.05) is 12.2 Å². The average Bonchev–Trinajstić information content (AvgIpc) is 2.40. The molecule has 5 nitrogen and oxygen atoms in total. The van der Waals surface area contributed by atoms with Crippen molar-refractivity contribution in [3.8, 4) is 11.5 Å². The zero-order valence-electron chi connectivity index (χ0n) is 10.9. The highest BCUT2D eigenvalue weighted by atomic mass is 16.5. The quantitative estimate of drug-likeness (QED) is 0.612. The van der Waals surface area contributed by atoms with Gasteiger partial charge in [-0.2, -0.15) is 0 Å². The fourth-order valence-electron chi connectivity index (χ4n) is 1.96. The monoisotopic (exact) mass is 261 g/mol. The van der Waals surface area contributed by atoms with Crippen molar-refractivity contribution in [2.45, 2.75) is 6.92 Å². The third kappa shape index (κ3) is 2.45. The van der Waals surface area contributed by atoms with E-state index in [2.05, 4.69) is 6.58 Å². The van der Waals surface area contributed by atoms with E-state index in [1.54, 1.807) is 17.0 Å². The maximum absolute atomic E-state index is 11.9. The lowest BCUT2D eigenvalue weighted by Gasteiger charge is -2.30. The van der Waals surface area contributed by atoms with Crippen LogP contribution in [0.5, 0.6) is 11.5 Å². The van der Waals surface area contributed by atoms with E-state index in [0.29, 0.717) is 35.6 Å². The van der Waals surface area contributed by atoms with E-state index in [1.807, 2.05) is 6.92 Å². The summed E-state index contributed by atoms with van der Waals surface area (Å²) in [4.78, 5) is 24.4. The zero-order chi connectivity index (χ0) is 14.0. The number of nitrogens with zero attached hydrogens (tertiary/aromatic N) is 1. The van der Waals surface area contributed by atoms with Gasteiger partial charge in [0.2, 0.25) is 0 Å². The van der Waals surface area contributed by atoms with Crippen molar-refractivity contribution >= 4 is 17.9 Å². The molecule has 1 heterocycles. The summed E-state index contributed by atoms with van der Waals surface area (Å²) >= 11 is 0. The maximum Gasteiger partial charge on any atom is 0.265 e. The molecule has 1 aliphatic rings. The van der Waals surface area contributed by atoms with Crippen molar-refractivity contribution in [1.82, 2.24) is 0 Å². The summed E-state index contributed by atoms with van der Waals surface area (Å²) in [6.45, 7) is 5.99. The molecule has 1 aliphatic heterocycles. The van der Waals surface area contributed by atoms with E-state index < -0.39 is 0 Å². The third-order valence-electron chi connectivity index (χ3n) is 2.77. The molecule has 0 spiro atoms. The molecule has 2 rings (SSSR count). The van der Waals surface area contributed by atoms with Crippen LogP contribution in [0.1, 0.15) is 17.3 Å². The van der Waals surface area contributed by atoms with E-state index in [1.165, 1.54) is 7.11 Å². The summed E-state index contributed by atoms with van der Waals surface area (Å²) in [5.74, 6) is 0.758. The van der Waals surface area contributed by atoms with Gasteiger partial charge in [-0.25, -0.2) is 0 Å². The number of benzene rings is 1. The van der Waals surface area contributed by atoms with E-state index in [9.17, 15) is 9.59 Å². The summed E-state index contributed by atoms with van der Waals surface area (Å²) in [6, 6.07) is 3.20. The lowest BCUT2D eigenvalue weighted by Crippen LogP contribution is -2.39. The Morgan fingerprint density at radius 3 is 2.89 bits per heavy atom. The summed E-state index contributed by atoms with van der Waals surface area (Å²) in [5.41, 5.74) is 1.82. The molecule has 0 saturated carbocycles. The largest absolute Gasteiger partial charge is 0.493 e. The molecule has 0 fully saturated rings. The van der Waals surface area contributed by atoms with Crippen LogP contribution in [0.4, 0.5) is 5.69 Å².